The first-order valence-electron chi connectivity index (χ1n) is 14.1. The fourth-order valence-corrected chi connectivity index (χ4v) is 5.34. The van der Waals surface area contributed by atoms with Gasteiger partial charge in [0.1, 0.15) is 23.8 Å². The van der Waals surface area contributed by atoms with E-state index in [2.05, 4.69) is 12.0 Å². The molecule has 0 spiro atoms. The summed E-state index contributed by atoms with van der Waals surface area (Å²) in [5.41, 5.74) is 1.62. The van der Waals surface area contributed by atoms with Gasteiger partial charge in [-0.15, -0.1) is 0 Å². The second-order valence-electron chi connectivity index (χ2n) is 12.4. The Labute approximate surface area is 235 Å². The predicted molar refractivity (Wildman–Crippen MR) is 150 cm³/mol. The summed E-state index contributed by atoms with van der Waals surface area (Å²) < 4.78 is 41.5. The maximum absolute atomic E-state index is 14.2. The zero-order chi connectivity index (χ0) is 29.2. The third kappa shape index (κ3) is 7.07. The minimum atomic E-state index is -0.677. The smallest absolute Gasteiger partial charge is 0.306 e. The first-order chi connectivity index (χ1) is 18.8. The maximum Gasteiger partial charge on any atom is 0.306 e. The highest BCUT2D eigenvalue weighted by atomic mass is 19.1. The first-order valence-corrected chi connectivity index (χ1v) is 14.1. The van der Waals surface area contributed by atoms with Gasteiger partial charge in [-0.05, 0) is 88.5 Å². The second-order valence-corrected chi connectivity index (χ2v) is 12.4. The van der Waals surface area contributed by atoms with Crippen molar-refractivity contribution in [1.29, 1.82) is 0 Å². The van der Waals surface area contributed by atoms with Gasteiger partial charge in [0.25, 0.3) is 0 Å². The average Bonchev–Trinajstić information content (AvgIpc) is 3.63. The number of hydrogen-bond donors (Lipinski definition) is 0. The monoisotopic (exact) mass is 554 g/mol. The average molecular weight is 555 g/mol. The van der Waals surface area contributed by atoms with Crippen LogP contribution in [0.4, 0.5) is 8.78 Å². The lowest BCUT2D eigenvalue weighted by molar-refractivity contribution is -0.157. The van der Waals surface area contributed by atoms with Crippen LogP contribution in [-0.4, -0.2) is 27.0 Å². The molecule has 4 rings (SSSR count). The number of carbonyl (C=O) groups is 2. The summed E-state index contributed by atoms with van der Waals surface area (Å²) in [6, 6.07) is 7.54. The number of hydrogen-bond acceptors (Lipinski definition) is 5. The van der Waals surface area contributed by atoms with E-state index in [1.165, 1.54) is 18.2 Å². The highest BCUT2D eigenvalue weighted by Crippen LogP contribution is 2.42. The largest absolute Gasteiger partial charge is 0.473 e. The molecule has 0 bridgehead atoms. The van der Waals surface area contributed by atoms with Gasteiger partial charge in [0.2, 0.25) is 5.88 Å². The van der Waals surface area contributed by atoms with Gasteiger partial charge in [-0.25, -0.2) is 13.3 Å². The molecular weight excluding hydrogens is 514 g/mol. The van der Waals surface area contributed by atoms with Gasteiger partial charge in [-0.1, -0.05) is 26.3 Å². The molecule has 2 heterocycles. The summed E-state index contributed by atoms with van der Waals surface area (Å²) >= 11 is 0. The van der Waals surface area contributed by atoms with Crippen molar-refractivity contribution in [2.45, 2.75) is 105 Å². The molecule has 0 aliphatic heterocycles. The number of pyridine rings is 1. The topological polar surface area (TPSA) is 69.9 Å². The molecule has 1 saturated carbocycles. The first kappa shape index (κ1) is 29.7. The molecule has 1 unspecified atom stereocenters. The van der Waals surface area contributed by atoms with Crippen LogP contribution in [-0.2, 0) is 16.1 Å². The molecule has 0 amide bonds. The van der Waals surface area contributed by atoms with E-state index in [1.54, 1.807) is 11.4 Å². The maximum atomic E-state index is 14.2. The lowest BCUT2D eigenvalue weighted by Gasteiger charge is -2.30. The van der Waals surface area contributed by atoms with E-state index in [-0.39, 0.29) is 42.2 Å². The molecule has 0 N–H and O–H groups in total. The Morgan fingerprint density at radius 3 is 2.35 bits per heavy atom. The van der Waals surface area contributed by atoms with Crippen LogP contribution in [0.25, 0.3) is 5.52 Å². The second kappa shape index (κ2) is 11.7. The van der Waals surface area contributed by atoms with E-state index in [9.17, 15) is 18.4 Å². The highest BCUT2D eigenvalue weighted by Gasteiger charge is 2.32. The third-order valence-corrected chi connectivity index (χ3v) is 7.45. The summed E-state index contributed by atoms with van der Waals surface area (Å²) in [6.07, 6.45) is 4.79. The quantitative estimate of drug-likeness (QED) is 0.168. The Morgan fingerprint density at radius 1 is 1.07 bits per heavy atom. The Kier molecular flexibility index (Phi) is 8.66. The third-order valence-electron chi connectivity index (χ3n) is 7.45. The Bertz CT molecular complexity index is 1380. The van der Waals surface area contributed by atoms with Gasteiger partial charge in [-0.3, -0.25) is 9.59 Å². The van der Waals surface area contributed by atoms with Crippen LogP contribution in [0, 0.1) is 24.0 Å². The van der Waals surface area contributed by atoms with Crippen LogP contribution in [0.5, 0.6) is 5.88 Å². The molecule has 3 aromatic rings. The number of aromatic nitrogens is 2. The molecule has 8 heteroatoms. The number of benzene rings is 1. The number of aryl methyl sites for hydroxylation is 1. The number of nitrogens with zero attached hydrogens (tertiary/aromatic N) is 2. The lowest BCUT2D eigenvalue weighted by Crippen LogP contribution is -2.29. The lowest BCUT2D eigenvalue weighted by atomic mass is 9.77. The van der Waals surface area contributed by atoms with Crippen molar-refractivity contribution in [3.8, 4) is 5.88 Å². The van der Waals surface area contributed by atoms with Crippen LogP contribution in [0.1, 0.15) is 113 Å². The highest BCUT2D eigenvalue weighted by molar-refractivity contribution is 6.03. The van der Waals surface area contributed by atoms with E-state index < -0.39 is 17.2 Å². The van der Waals surface area contributed by atoms with Crippen molar-refractivity contribution in [3.63, 3.8) is 0 Å². The summed E-state index contributed by atoms with van der Waals surface area (Å²) in [6.45, 7) is 11.1. The Morgan fingerprint density at radius 2 is 1.75 bits per heavy atom. The molecule has 1 aromatic carbocycles. The van der Waals surface area contributed by atoms with Crippen LogP contribution >= 0.6 is 0 Å². The van der Waals surface area contributed by atoms with Gasteiger partial charge < -0.3 is 9.47 Å². The van der Waals surface area contributed by atoms with Crippen molar-refractivity contribution in [1.82, 2.24) is 9.61 Å². The summed E-state index contributed by atoms with van der Waals surface area (Å²) in [5, 5.41) is 4.59. The van der Waals surface area contributed by atoms with Crippen LogP contribution in [0.2, 0.25) is 0 Å². The summed E-state index contributed by atoms with van der Waals surface area (Å²) in [5.74, 6) is -0.974. The number of Topliss-reactive ketones (excluding diaryl/α,β-unsaturated/α-hetero) is 1. The zero-order valence-electron chi connectivity index (χ0n) is 24.4. The minimum absolute atomic E-state index is 0.0574. The number of rotatable bonds is 12. The van der Waals surface area contributed by atoms with Gasteiger partial charge >= 0.3 is 5.97 Å². The molecule has 6 nitrogen and oxygen atoms in total. The molecule has 40 heavy (non-hydrogen) atoms. The fraction of sp³-hybridized carbons (Fsp3) is 0.531. The molecule has 2 aromatic heterocycles. The van der Waals surface area contributed by atoms with Crippen molar-refractivity contribution in [2.75, 3.05) is 0 Å². The number of carbonyl (C=O) groups excluding carboxylic acids is 2. The molecule has 0 radical (unpaired) electrons. The Balaban J connectivity index is 1.59. The molecule has 1 aliphatic rings. The molecule has 216 valence electrons. The van der Waals surface area contributed by atoms with Gasteiger partial charge in [-0.2, -0.15) is 5.10 Å². The van der Waals surface area contributed by atoms with E-state index in [4.69, 9.17) is 9.47 Å². The van der Waals surface area contributed by atoms with Crippen molar-refractivity contribution >= 4 is 17.3 Å². The van der Waals surface area contributed by atoms with Crippen molar-refractivity contribution < 1.29 is 27.8 Å². The van der Waals surface area contributed by atoms with Crippen molar-refractivity contribution in [3.05, 3.63) is 64.4 Å². The van der Waals surface area contributed by atoms with E-state index >= 15 is 0 Å². The number of esters is 1. The van der Waals surface area contributed by atoms with Crippen LogP contribution in [0.15, 0.2) is 30.3 Å². The molecule has 1 aliphatic carbocycles. The van der Waals surface area contributed by atoms with Gasteiger partial charge in [0.05, 0.1) is 28.8 Å². The number of ether oxygens (including phenoxy) is 2. The van der Waals surface area contributed by atoms with E-state index in [1.807, 2.05) is 39.8 Å². The van der Waals surface area contributed by atoms with Gasteiger partial charge in [0.15, 0.2) is 5.78 Å². The normalized spacial score (nSPS) is 15.2. The molecular formula is C32H40F2N2O4. The van der Waals surface area contributed by atoms with Crippen molar-refractivity contribution in [2.24, 2.45) is 5.41 Å². The minimum Gasteiger partial charge on any atom is -0.473 e. The molecule has 1 fully saturated rings. The standard InChI is InChI=1S/C32H40F2N2O4/c1-7-14-32(6,18-29(38)40-31(3,4)5)15-13-27(37)30-20(2)35-36-26(30)16-22(21-11-12-21)17-28(36)39-19-23-24(33)9-8-10-25(23)34/h8-10,16-17,21H,7,11-15,18-19H2,1-6H3. The summed E-state index contributed by atoms with van der Waals surface area (Å²) in [7, 11) is 0. The number of halogens is 2. The van der Waals surface area contributed by atoms with E-state index in [0.29, 0.717) is 35.0 Å². The molecule has 1 atom stereocenters. The van der Waals surface area contributed by atoms with E-state index in [0.717, 1.165) is 31.2 Å². The predicted octanol–water partition coefficient (Wildman–Crippen LogP) is 7.88. The molecule has 0 saturated heterocycles. The van der Waals surface area contributed by atoms with Crippen LogP contribution in [0.3, 0.4) is 0 Å². The SMILES string of the molecule is CCCC(C)(CCC(=O)c1c(C)nn2c(OCc3c(F)cccc3F)cc(C3CC3)cc12)CC(=O)OC(C)(C)C. The van der Waals surface area contributed by atoms with Crippen LogP contribution < -0.4 is 4.74 Å². The summed E-state index contributed by atoms with van der Waals surface area (Å²) in [4.78, 5) is 26.3. The number of ketones is 1. The van der Waals surface area contributed by atoms with Gasteiger partial charge in [0, 0.05) is 12.5 Å². The number of fused-ring (bicyclic) bond motifs is 1. The zero-order valence-corrected chi connectivity index (χ0v) is 24.4. The fourth-order valence-electron chi connectivity index (χ4n) is 5.34. The Hall–Kier alpha value is -3.29.